The van der Waals surface area contributed by atoms with Crippen LogP contribution in [0.2, 0.25) is 0 Å². The maximum absolute atomic E-state index is 10.4. The van der Waals surface area contributed by atoms with E-state index in [9.17, 15) is 10.2 Å². The molecule has 4 heterocycles. The standard InChI is InChI=1S/C19H21N5O3/c1-12-17(26)15(14(11-25)9-21-12)10-24-8-2-3-16(24)19-22-18(23-27-19)13-4-6-20-7-5-13/h4-7,9,16,25-26H,2-3,8,10-11H2,1H3. The van der Waals surface area contributed by atoms with Gasteiger partial charge in [0.05, 0.1) is 18.3 Å². The van der Waals surface area contributed by atoms with Gasteiger partial charge in [0.1, 0.15) is 5.75 Å². The molecule has 140 valence electrons. The first-order valence-corrected chi connectivity index (χ1v) is 8.92. The molecule has 1 atom stereocenters. The molecule has 3 aromatic rings. The summed E-state index contributed by atoms with van der Waals surface area (Å²) < 4.78 is 5.53. The summed E-state index contributed by atoms with van der Waals surface area (Å²) in [6, 6.07) is 3.66. The van der Waals surface area contributed by atoms with E-state index >= 15 is 0 Å². The van der Waals surface area contributed by atoms with Gasteiger partial charge in [-0.1, -0.05) is 5.16 Å². The third-order valence-corrected chi connectivity index (χ3v) is 4.99. The minimum atomic E-state index is -0.165. The number of hydrogen-bond donors (Lipinski definition) is 2. The van der Waals surface area contributed by atoms with Crippen LogP contribution in [0.4, 0.5) is 0 Å². The van der Waals surface area contributed by atoms with Crippen LogP contribution in [-0.2, 0) is 13.2 Å². The van der Waals surface area contributed by atoms with Crippen molar-refractivity contribution in [2.24, 2.45) is 0 Å². The zero-order valence-corrected chi connectivity index (χ0v) is 15.0. The number of aryl methyl sites for hydroxylation is 1. The highest BCUT2D eigenvalue weighted by atomic mass is 16.5. The lowest BCUT2D eigenvalue weighted by Crippen LogP contribution is -2.24. The van der Waals surface area contributed by atoms with E-state index in [0.717, 1.165) is 24.9 Å². The molecule has 1 aliphatic rings. The average molecular weight is 367 g/mol. The fourth-order valence-electron chi connectivity index (χ4n) is 3.48. The van der Waals surface area contributed by atoms with E-state index in [1.807, 2.05) is 12.1 Å². The van der Waals surface area contributed by atoms with Crippen LogP contribution in [0.15, 0.2) is 35.2 Å². The van der Waals surface area contributed by atoms with Crippen molar-refractivity contribution in [2.45, 2.75) is 39.0 Å². The van der Waals surface area contributed by atoms with Gasteiger partial charge in [-0.2, -0.15) is 4.98 Å². The highest BCUT2D eigenvalue weighted by Gasteiger charge is 2.32. The largest absolute Gasteiger partial charge is 0.506 e. The van der Waals surface area contributed by atoms with Crippen LogP contribution in [0.25, 0.3) is 11.4 Å². The second-order valence-corrected chi connectivity index (χ2v) is 6.67. The van der Waals surface area contributed by atoms with Crippen molar-refractivity contribution in [3.8, 4) is 17.1 Å². The van der Waals surface area contributed by atoms with Gasteiger partial charge in [-0.05, 0) is 38.4 Å². The fraction of sp³-hybridized carbons (Fsp3) is 0.368. The quantitative estimate of drug-likeness (QED) is 0.707. The van der Waals surface area contributed by atoms with Crippen molar-refractivity contribution in [1.82, 2.24) is 25.0 Å². The number of aromatic nitrogens is 4. The van der Waals surface area contributed by atoms with E-state index < -0.39 is 0 Å². The molecule has 4 rings (SSSR count). The normalized spacial score (nSPS) is 17.5. The van der Waals surface area contributed by atoms with Crippen molar-refractivity contribution in [1.29, 1.82) is 0 Å². The Balaban J connectivity index is 1.59. The molecule has 0 spiro atoms. The Morgan fingerprint density at radius 2 is 2.11 bits per heavy atom. The molecule has 1 fully saturated rings. The van der Waals surface area contributed by atoms with E-state index in [4.69, 9.17) is 4.52 Å². The number of aliphatic hydroxyl groups is 1. The smallest absolute Gasteiger partial charge is 0.244 e. The number of rotatable bonds is 5. The van der Waals surface area contributed by atoms with Crippen molar-refractivity contribution in [2.75, 3.05) is 6.54 Å². The van der Waals surface area contributed by atoms with Crippen molar-refractivity contribution >= 4 is 0 Å². The van der Waals surface area contributed by atoms with E-state index in [1.165, 1.54) is 0 Å². The van der Waals surface area contributed by atoms with E-state index in [1.54, 1.807) is 25.5 Å². The van der Waals surface area contributed by atoms with Gasteiger partial charge < -0.3 is 14.7 Å². The fourth-order valence-corrected chi connectivity index (χ4v) is 3.48. The molecule has 2 N–H and O–H groups in total. The molecule has 0 radical (unpaired) electrons. The van der Waals surface area contributed by atoms with Gasteiger partial charge in [-0.15, -0.1) is 0 Å². The first-order chi connectivity index (χ1) is 13.2. The lowest BCUT2D eigenvalue weighted by molar-refractivity contribution is 0.196. The molecule has 3 aromatic heterocycles. The maximum atomic E-state index is 10.4. The molecule has 0 aromatic carbocycles. The van der Waals surface area contributed by atoms with Crippen LogP contribution in [0.5, 0.6) is 5.75 Å². The van der Waals surface area contributed by atoms with E-state index in [-0.39, 0.29) is 18.4 Å². The minimum Gasteiger partial charge on any atom is -0.506 e. The molecule has 0 amide bonds. The van der Waals surface area contributed by atoms with Crippen LogP contribution in [-0.4, -0.2) is 41.8 Å². The van der Waals surface area contributed by atoms with Crippen LogP contribution in [0, 0.1) is 6.92 Å². The lowest BCUT2D eigenvalue weighted by Gasteiger charge is -2.23. The summed E-state index contributed by atoms with van der Waals surface area (Å²) in [5, 5.41) is 24.1. The second kappa shape index (κ2) is 7.42. The molecular weight excluding hydrogens is 346 g/mol. The maximum Gasteiger partial charge on any atom is 0.244 e. The summed E-state index contributed by atoms with van der Waals surface area (Å²) in [5.74, 6) is 1.24. The van der Waals surface area contributed by atoms with Crippen molar-refractivity contribution in [3.63, 3.8) is 0 Å². The number of pyridine rings is 2. The number of aromatic hydroxyl groups is 1. The number of hydrogen-bond acceptors (Lipinski definition) is 8. The summed E-state index contributed by atoms with van der Waals surface area (Å²) in [4.78, 5) is 14.9. The molecule has 0 saturated carbocycles. The highest BCUT2D eigenvalue weighted by molar-refractivity contribution is 5.52. The molecule has 1 saturated heterocycles. The van der Waals surface area contributed by atoms with E-state index in [0.29, 0.717) is 35.1 Å². The molecule has 0 bridgehead atoms. The monoisotopic (exact) mass is 367 g/mol. The van der Waals surface area contributed by atoms with Crippen LogP contribution < -0.4 is 0 Å². The predicted molar refractivity (Wildman–Crippen MR) is 96.5 cm³/mol. The second-order valence-electron chi connectivity index (χ2n) is 6.67. The highest BCUT2D eigenvalue weighted by Crippen LogP contribution is 2.35. The van der Waals surface area contributed by atoms with Gasteiger partial charge in [0, 0.05) is 41.8 Å². The minimum absolute atomic E-state index is 0.0208. The predicted octanol–water partition coefficient (Wildman–Crippen LogP) is 2.37. The van der Waals surface area contributed by atoms with Gasteiger partial charge in [0.15, 0.2) is 0 Å². The zero-order valence-electron chi connectivity index (χ0n) is 15.0. The first-order valence-electron chi connectivity index (χ1n) is 8.92. The summed E-state index contributed by atoms with van der Waals surface area (Å²) in [6.07, 6.45) is 6.90. The number of aliphatic hydroxyl groups excluding tert-OH is 1. The summed E-state index contributed by atoms with van der Waals surface area (Å²) in [7, 11) is 0. The Bertz CT molecular complexity index is 928. The molecule has 1 aliphatic heterocycles. The van der Waals surface area contributed by atoms with Gasteiger partial charge >= 0.3 is 0 Å². The molecule has 8 nitrogen and oxygen atoms in total. The van der Waals surface area contributed by atoms with Gasteiger partial charge in [0.25, 0.3) is 0 Å². The Morgan fingerprint density at radius 3 is 2.89 bits per heavy atom. The van der Waals surface area contributed by atoms with Crippen LogP contribution in [0.3, 0.4) is 0 Å². The summed E-state index contributed by atoms with van der Waals surface area (Å²) in [6.45, 7) is 2.92. The molecule has 0 aliphatic carbocycles. The Kier molecular flexibility index (Phi) is 4.83. The van der Waals surface area contributed by atoms with Crippen molar-refractivity contribution < 1.29 is 14.7 Å². The molecule has 8 heteroatoms. The Hall–Kier alpha value is -2.84. The third kappa shape index (κ3) is 3.41. The first kappa shape index (κ1) is 17.6. The topological polar surface area (TPSA) is 108 Å². The van der Waals surface area contributed by atoms with E-state index in [2.05, 4.69) is 25.0 Å². The Morgan fingerprint density at radius 1 is 1.30 bits per heavy atom. The zero-order chi connectivity index (χ0) is 18.8. The number of nitrogens with zero attached hydrogens (tertiary/aromatic N) is 5. The lowest BCUT2D eigenvalue weighted by atomic mass is 10.1. The summed E-state index contributed by atoms with van der Waals surface area (Å²) >= 11 is 0. The van der Waals surface area contributed by atoms with Gasteiger partial charge in [-0.3, -0.25) is 14.9 Å². The molecule has 27 heavy (non-hydrogen) atoms. The van der Waals surface area contributed by atoms with Crippen LogP contribution >= 0.6 is 0 Å². The van der Waals surface area contributed by atoms with Gasteiger partial charge in [-0.25, -0.2) is 0 Å². The van der Waals surface area contributed by atoms with Crippen LogP contribution in [0.1, 0.15) is 41.6 Å². The SMILES string of the molecule is Cc1ncc(CO)c(CN2CCCC2c2nc(-c3ccncc3)no2)c1O. The van der Waals surface area contributed by atoms with Crippen molar-refractivity contribution in [3.05, 3.63) is 53.4 Å². The van der Waals surface area contributed by atoms with Gasteiger partial charge in [0.2, 0.25) is 11.7 Å². The molecule has 1 unspecified atom stereocenters. The number of likely N-dealkylation sites (tertiary alicyclic amines) is 1. The third-order valence-electron chi connectivity index (χ3n) is 4.99. The Labute approximate surface area is 156 Å². The summed E-state index contributed by atoms with van der Waals surface area (Å²) in [5.41, 5.74) is 2.74. The average Bonchev–Trinajstić information content (AvgIpc) is 3.35. The molecular formula is C19H21N5O3.